The second-order valence-electron chi connectivity index (χ2n) is 9.10. The minimum absolute atomic E-state index is 0.00342. The highest BCUT2D eigenvalue weighted by molar-refractivity contribution is 5.96. The Morgan fingerprint density at radius 2 is 1.50 bits per heavy atom. The number of rotatable bonds is 8. The highest BCUT2D eigenvalue weighted by atomic mass is 16.6. The molecule has 8 heteroatoms. The molecule has 0 saturated carbocycles. The maximum absolute atomic E-state index is 13.0. The molecule has 1 atom stereocenters. The zero-order chi connectivity index (χ0) is 26.1. The van der Waals surface area contributed by atoms with Crippen LogP contribution in [0.5, 0.6) is 5.75 Å². The van der Waals surface area contributed by atoms with Crippen LogP contribution < -0.4 is 20.7 Å². The van der Waals surface area contributed by atoms with Crippen molar-refractivity contribution in [3.8, 4) is 5.75 Å². The monoisotopic (exact) mass is 489 g/mol. The molecule has 0 spiro atoms. The minimum atomic E-state index is -0.667. The van der Waals surface area contributed by atoms with Gasteiger partial charge in [-0.25, -0.2) is 4.79 Å². The SMILES string of the molecule is COc1ccc(NC(=O)CC(NC(=O)c2ccccc2)c2ccccc2)cc1NC(=O)OC(C)(C)C. The van der Waals surface area contributed by atoms with Gasteiger partial charge in [0.25, 0.3) is 5.91 Å². The third-order valence-corrected chi connectivity index (χ3v) is 5.05. The normalized spacial score (nSPS) is 11.7. The Morgan fingerprint density at radius 1 is 0.861 bits per heavy atom. The lowest BCUT2D eigenvalue weighted by Crippen LogP contribution is -2.31. The fourth-order valence-corrected chi connectivity index (χ4v) is 3.46. The first kappa shape index (κ1) is 26.3. The number of hydrogen-bond acceptors (Lipinski definition) is 5. The van der Waals surface area contributed by atoms with Gasteiger partial charge in [0.05, 0.1) is 25.3 Å². The van der Waals surface area contributed by atoms with E-state index in [1.807, 2.05) is 36.4 Å². The molecule has 0 bridgehead atoms. The van der Waals surface area contributed by atoms with Crippen molar-refractivity contribution < 1.29 is 23.9 Å². The molecule has 3 amide bonds. The van der Waals surface area contributed by atoms with E-state index >= 15 is 0 Å². The van der Waals surface area contributed by atoms with E-state index in [1.165, 1.54) is 7.11 Å². The molecule has 3 N–H and O–H groups in total. The Labute approximate surface area is 211 Å². The molecule has 0 aliphatic heterocycles. The van der Waals surface area contributed by atoms with Crippen LogP contribution in [0.15, 0.2) is 78.9 Å². The molecule has 3 rings (SSSR count). The molecule has 0 aliphatic carbocycles. The topological polar surface area (TPSA) is 106 Å². The number of carbonyl (C=O) groups excluding carboxylic acids is 3. The van der Waals surface area contributed by atoms with Gasteiger partial charge in [0, 0.05) is 11.3 Å². The van der Waals surface area contributed by atoms with E-state index in [9.17, 15) is 14.4 Å². The first-order chi connectivity index (χ1) is 17.1. The van der Waals surface area contributed by atoms with E-state index < -0.39 is 17.7 Å². The summed E-state index contributed by atoms with van der Waals surface area (Å²) in [4.78, 5) is 38.0. The summed E-state index contributed by atoms with van der Waals surface area (Å²) in [6.07, 6.45) is -0.638. The van der Waals surface area contributed by atoms with Crippen LogP contribution in [0.25, 0.3) is 0 Å². The molecule has 36 heavy (non-hydrogen) atoms. The first-order valence-corrected chi connectivity index (χ1v) is 11.5. The fraction of sp³-hybridized carbons (Fsp3) is 0.250. The maximum Gasteiger partial charge on any atom is 0.412 e. The predicted octanol–water partition coefficient (Wildman–Crippen LogP) is 5.54. The van der Waals surface area contributed by atoms with Crippen LogP contribution in [0.1, 0.15) is 49.2 Å². The Hall–Kier alpha value is -4.33. The number of nitrogens with one attached hydrogen (secondary N) is 3. The standard InChI is InChI=1S/C28H31N3O5/c1-28(2,3)36-27(34)31-23-17-21(15-16-24(23)35-4)29-25(32)18-22(19-11-7-5-8-12-19)30-26(33)20-13-9-6-10-14-20/h5-17,22H,18H2,1-4H3,(H,29,32)(H,30,33)(H,31,34). The van der Waals surface area contributed by atoms with E-state index in [2.05, 4.69) is 16.0 Å². The molecule has 3 aromatic rings. The number of benzene rings is 3. The summed E-state index contributed by atoms with van der Waals surface area (Å²) in [6, 6.07) is 22.5. The van der Waals surface area contributed by atoms with Gasteiger partial charge < -0.3 is 20.1 Å². The highest BCUT2D eigenvalue weighted by Gasteiger charge is 2.21. The molecular weight excluding hydrogens is 458 g/mol. The summed E-state index contributed by atoms with van der Waals surface area (Å²) >= 11 is 0. The molecule has 188 valence electrons. The van der Waals surface area contributed by atoms with Crippen LogP contribution in [-0.4, -0.2) is 30.6 Å². The number of carbonyl (C=O) groups is 3. The van der Waals surface area contributed by atoms with E-state index in [0.29, 0.717) is 22.7 Å². The second-order valence-corrected chi connectivity index (χ2v) is 9.10. The Kier molecular flexibility index (Phi) is 8.67. The maximum atomic E-state index is 13.0. The van der Waals surface area contributed by atoms with Crippen LogP contribution >= 0.6 is 0 Å². The average molecular weight is 490 g/mol. The van der Waals surface area contributed by atoms with Crippen molar-refractivity contribution in [2.75, 3.05) is 17.7 Å². The van der Waals surface area contributed by atoms with Crippen molar-refractivity contribution in [1.29, 1.82) is 0 Å². The third-order valence-electron chi connectivity index (χ3n) is 5.05. The Morgan fingerprint density at radius 3 is 2.11 bits per heavy atom. The van der Waals surface area contributed by atoms with Crippen molar-refractivity contribution in [2.24, 2.45) is 0 Å². The number of anilines is 2. The molecule has 0 aromatic heterocycles. The van der Waals surface area contributed by atoms with Crippen LogP contribution in [0.4, 0.5) is 16.2 Å². The van der Waals surface area contributed by atoms with Crippen LogP contribution in [-0.2, 0) is 9.53 Å². The van der Waals surface area contributed by atoms with Crippen molar-refractivity contribution in [3.63, 3.8) is 0 Å². The molecule has 0 saturated heterocycles. The summed E-state index contributed by atoms with van der Waals surface area (Å²) in [7, 11) is 1.48. The zero-order valence-corrected chi connectivity index (χ0v) is 20.8. The molecule has 3 aromatic carbocycles. The van der Waals surface area contributed by atoms with Gasteiger partial charge >= 0.3 is 6.09 Å². The molecule has 0 heterocycles. The van der Waals surface area contributed by atoms with Crippen molar-refractivity contribution in [2.45, 2.75) is 38.8 Å². The second kappa shape index (κ2) is 11.9. The largest absolute Gasteiger partial charge is 0.495 e. The molecular formula is C28H31N3O5. The van der Waals surface area contributed by atoms with E-state index in [4.69, 9.17) is 9.47 Å². The summed E-state index contributed by atoms with van der Waals surface area (Å²) in [5.41, 5.74) is 1.44. The van der Waals surface area contributed by atoms with Crippen LogP contribution in [0.3, 0.4) is 0 Å². The summed E-state index contributed by atoms with van der Waals surface area (Å²) in [5.74, 6) is -0.174. The van der Waals surface area contributed by atoms with Crippen LogP contribution in [0, 0.1) is 0 Å². The van der Waals surface area contributed by atoms with Gasteiger partial charge in [0.1, 0.15) is 11.4 Å². The van der Waals surface area contributed by atoms with Gasteiger partial charge in [-0.3, -0.25) is 14.9 Å². The molecule has 0 aliphatic rings. The van der Waals surface area contributed by atoms with Crippen molar-refractivity contribution >= 4 is 29.3 Å². The van der Waals surface area contributed by atoms with E-state index in [0.717, 1.165) is 5.56 Å². The Balaban J connectivity index is 1.74. The van der Waals surface area contributed by atoms with E-state index in [1.54, 1.807) is 63.2 Å². The highest BCUT2D eigenvalue weighted by Crippen LogP contribution is 2.29. The van der Waals surface area contributed by atoms with Gasteiger partial charge in [-0.15, -0.1) is 0 Å². The lowest BCUT2D eigenvalue weighted by Gasteiger charge is -2.21. The van der Waals surface area contributed by atoms with Gasteiger partial charge in [0.2, 0.25) is 5.91 Å². The lowest BCUT2D eigenvalue weighted by atomic mass is 10.0. The number of hydrogen-bond donors (Lipinski definition) is 3. The van der Waals surface area contributed by atoms with Crippen LogP contribution in [0.2, 0.25) is 0 Å². The predicted molar refractivity (Wildman–Crippen MR) is 139 cm³/mol. The lowest BCUT2D eigenvalue weighted by molar-refractivity contribution is -0.116. The Bertz CT molecular complexity index is 1190. The van der Waals surface area contributed by atoms with Crippen molar-refractivity contribution in [3.05, 3.63) is 90.0 Å². The molecule has 1 unspecified atom stereocenters. The third kappa shape index (κ3) is 7.87. The number of amides is 3. The average Bonchev–Trinajstić information content (AvgIpc) is 2.83. The molecule has 8 nitrogen and oxygen atoms in total. The smallest absolute Gasteiger partial charge is 0.412 e. The molecule has 0 fully saturated rings. The van der Waals surface area contributed by atoms with Gasteiger partial charge in [-0.05, 0) is 56.7 Å². The summed E-state index contributed by atoms with van der Waals surface area (Å²) in [6.45, 7) is 5.29. The molecule has 0 radical (unpaired) electrons. The number of methoxy groups -OCH3 is 1. The summed E-state index contributed by atoms with van der Waals surface area (Å²) in [5, 5.41) is 8.43. The quantitative estimate of drug-likeness (QED) is 0.385. The van der Waals surface area contributed by atoms with Crippen molar-refractivity contribution in [1.82, 2.24) is 5.32 Å². The van der Waals surface area contributed by atoms with E-state index in [-0.39, 0.29) is 18.2 Å². The first-order valence-electron chi connectivity index (χ1n) is 11.5. The fourth-order valence-electron chi connectivity index (χ4n) is 3.46. The zero-order valence-electron chi connectivity index (χ0n) is 20.8. The minimum Gasteiger partial charge on any atom is -0.495 e. The van der Waals surface area contributed by atoms with Gasteiger partial charge in [0.15, 0.2) is 0 Å². The van der Waals surface area contributed by atoms with Gasteiger partial charge in [-0.2, -0.15) is 0 Å². The summed E-state index contributed by atoms with van der Waals surface area (Å²) < 4.78 is 10.6. The van der Waals surface area contributed by atoms with Gasteiger partial charge in [-0.1, -0.05) is 48.5 Å². The number of ether oxygens (including phenoxy) is 2.